The summed E-state index contributed by atoms with van der Waals surface area (Å²) < 4.78 is 7.82. The van der Waals surface area contributed by atoms with Gasteiger partial charge < -0.3 is 15.0 Å². The van der Waals surface area contributed by atoms with Gasteiger partial charge >= 0.3 is 0 Å². The summed E-state index contributed by atoms with van der Waals surface area (Å²) in [4.78, 5) is 29.5. The van der Waals surface area contributed by atoms with Crippen molar-refractivity contribution in [3.63, 3.8) is 0 Å². The molecule has 0 aliphatic heterocycles. The number of benzene rings is 3. The number of nitrogens with one attached hydrogen (secondary N) is 1. The van der Waals surface area contributed by atoms with Crippen LogP contribution in [0.2, 0.25) is 0 Å². The number of halogens is 2. The molecule has 3 aromatic rings. The van der Waals surface area contributed by atoms with Crippen molar-refractivity contribution in [2.24, 2.45) is 0 Å². The van der Waals surface area contributed by atoms with Crippen LogP contribution in [0.5, 0.6) is 5.75 Å². The molecule has 1 aliphatic carbocycles. The van der Waals surface area contributed by atoms with E-state index in [4.69, 9.17) is 4.74 Å². The molecule has 0 saturated heterocycles. The summed E-state index contributed by atoms with van der Waals surface area (Å²) in [5.41, 5.74) is 3.11. The monoisotopic (exact) mass is 682 g/mol. The lowest BCUT2D eigenvalue weighted by Crippen LogP contribution is -2.53. The van der Waals surface area contributed by atoms with Crippen molar-refractivity contribution < 1.29 is 14.3 Å². The van der Waals surface area contributed by atoms with Crippen molar-refractivity contribution in [3.8, 4) is 5.75 Å². The molecule has 0 spiro atoms. The molecule has 1 fully saturated rings. The molecule has 1 aliphatic rings. The maximum Gasteiger partial charge on any atom is 0.261 e. The van der Waals surface area contributed by atoms with Gasteiger partial charge in [0.2, 0.25) is 5.91 Å². The lowest BCUT2D eigenvalue weighted by molar-refractivity contribution is -0.143. The Morgan fingerprint density at radius 2 is 1.61 bits per heavy atom. The molecular weight excluding hydrogens is 644 g/mol. The summed E-state index contributed by atoms with van der Waals surface area (Å²) in [5.74, 6) is 0.252. The molecule has 4 rings (SSSR count). The first-order chi connectivity index (χ1) is 19.6. The van der Waals surface area contributed by atoms with Gasteiger partial charge in [0, 0.05) is 23.5 Å². The first-order valence-corrected chi connectivity index (χ1v) is 16.0. The van der Waals surface area contributed by atoms with Crippen LogP contribution >= 0.6 is 31.9 Å². The zero-order valence-electron chi connectivity index (χ0n) is 24.2. The zero-order valence-corrected chi connectivity index (χ0v) is 27.3. The van der Waals surface area contributed by atoms with Gasteiger partial charge in [0.1, 0.15) is 11.8 Å². The lowest BCUT2D eigenvalue weighted by atomic mass is 9.87. The number of ether oxygens (including phenoxy) is 1. The second kappa shape index (κ2) is 14.5. The standard InChI is InChI=1S/C34H40Br2N2O3/c1-34(2,3)26-16-19-31(29(36)21-26)41-23-32(39)38(22-25-14-17-27(35)18-15-25)30(20-24-10-6-4-7-11-24)33(40)37-28-12-8-5-9-13-28/h4,6-7,10-11,14-19,21,28,30H,5,8-9,12-13,20,22-23H2,1-3H3,(H,37,40). The van der Waals surface area contributed by atoms with E-state index in [-0.39, 0.29) is 29.9 Å². The SMILES string of the molecule is CC(C)(C)c1ccc(OCC(=O)N(Cc2ccc(Br)cc2)C(Cc2ccccc2)C(=O)NC2CCCCC2)c(Br)c1. The minimum atomic E-state index is -0.675. The third-order valence-electron chi connectivity index (χ3n) is 7.64. The number of carbonyl (C=O) groups is 2. The second-order valence-electron chi connectivity index (χ2n) is 11.9. The van der Waals surface area contributed by atoms with Gasteiger partial charge in [-0.15, -0.1) is 0 Å². The van der Waals surface area contributed by atoms with Crippen molar-refractivity contribution in [3.05, 3.63) is 98.4 Å². The number of carbonyl (C=O) groups excluding carboxylic acids is 2. The highest BCUT2D eigenvalue weighted by molar-refractivity contribution is 9.10. The highest BCUT2D eigenvalue weighted by Gasteiger charge is 2.32. The van der Waals surface area contributed by atoms with E-state index < -0.39 is 6.04 Å². The van der Waals surface area contributed by atoms with Crippen LogP contribution in [-0.4, -0.2) is 35.4 Å². The third-order valence-corrected chi connectivity index (χ3v) is 8.79. The van der Waals surface area contributed by atoms with Crippen LogP contribution < -0.4 is 10.1 Å². The summed E-state index contributed by atoms with van der Waals surface area (Å²) in [6.45, 7) is 6.60. The van der Waals surface area contributed by atoms with Gasteiger partial charge in [-0.25, -0.2) is 0 Å². The molecule has 1 atom stereocenters. The largest absolute Gasteiger partial charge is 0.483 e. The van der Waals surface area contributed by atoms with Crippen molar-refractivity contribution in [2.45, 2.75) is 83.3 Å². The van der Waals surface area contributed by atoms with E-state index in [9.17, 15) is 9.59 Å². The van der Waals surface area contributed by atoms with Crippen LogP contribution in [0.4, 0.5) is 0 Å². The number of rotatable bonds is 10. The van der Waals surface area contributed by atoms with Crippen LogP contribution in [0.1, 0.15) is 69.6 Å². The maximum atomic E-state index is 14.0. The average molecular weight is 685 g/mol. The molecule has 0 bridgehead atoms. The molecule has 218 valence electrons. The molecule has 1 saturated carbocycles. The quantitative estimate of drug-likeness (QED) is 0.236. The van der Waals surface area contributed by atoms with E-state index in [0.717, 1.165) is 45.8 Å². The predicted molar refractivity (Wildman–Crippen MR) is 172 cm³/mol. The molecule has 1 unspecified atom stereocenters. The Hall–Kier alpha value is -2.64. The summed E-state index contributed by atoms with van der Waals surface area (Å²) in [6, 6.07) is 23.2. The van der Waals surface area contributed by atoms with Crippen LogP contribution in [0.3, 0.4) is 0 Å². The Balaban J connectivity index is 1.60. The smallest absolute Gasteiger partial charge is 0.261 e. The second-order valence-corrected chi connectivity index (χ2v) is 13.7. The van der Waals surface area contributed by atoms with Gasteiger partial charge in [-0.2, -0.15) is 0 Å². The van der Waals surface area contributed by atoms with E-state index >= 15 is 0 Å². The average Bonchev–Trinajstić information content (AvgIpc) is 2.95. The lowest BCUT2D eigenvalue weighted by Gasteiger charge is -2.33. The van der Waals surface area contributed by atoms with Gasteiger partial charge in [0.25, 0.3) is 5.91 Å². The molecule has 41 heavy (non-hydrogen) atoms. The summed E-state index contributed by atoms with van der Waals surface area (Å²) in [5, 5.41) is 3.28. The van der Waals surface area contributed by atoms with Crippen molar-refractivity contribution in [1.29, 1.82) is 0 Å². The Bertz CT molecular complexity index is 1300. The van der Waals surface area contributed by atoms with Gasteiger partial charge in [-0.1, -0.05) is 104 Å². The predicted octanol–water partition coefficient (Wildman–Crippen LogP) is 7.98. The molecule has 5 nitrogen and oxygen atoms in total. The normalized spacial score (nSPS) is 14.8. The third kappa shape index (κ3) is 9.17. The van der Waals surface area contributed by atoms with Gasteiger partial charge in [0.15, 0.2) is 6.61 Å². The van der Waals surface area contributed by atoms with E-state index in [1.807, 2.05) is 72.8 Å². The van der Waals surface area contributed by atoms with Crippen LogP contribution in [-0.2, 0) is 28.0 Å². The fraction of sp³-hybridized carbons (Fsp3) is 0.412. The first-order valence-electron chi connectivity index (χ1n) is 14.4. The number of hydrogen-bond acceptors (Lipinski definition) is 3. The minimum absolute atomic E-state index is 0.00526. The first kappa shape index (κ1) is 31.3. The highest BCUT2D eigenvalue weighted by atomic mass is 79.9. The summed E-state index contributed by atoms with van der Waals surface area (Å²) in [6.07, 6.45) is 5.82. The molecule has 7 heteroatoms. The maximum absolute atomic E-state index is 14.0. The van der Waals surface area contributed by atoms with E-state index in [0.29, 0.717) is 18.7 Å². The molecule has 0 aromatic heterocycles. The zero-order chi connectivity index (χ0) is 29.4. The van der Waals surface area contributed by atoms with E-state index in [2.05, 4.69) is 57.9 Å². The Morgan fingerprint density at radius 1 is 0.927 bits per heavy atom. The summed E-state index contributed by atoms with van der Waals surface area (Å²) in [7, 11) is 0. The summed E-state index contributed by atoms with van der Waals surface area (Å²) >= 11 is 7.12. The Morgan fingerprint density at radius 3 is 2.24 bits per heavy atom. The van der Waals surface area contributed by atoms with Gasteiger partial charge in [0.05, 0.1) is 4.47 Å². The molecular formula is C34H40Br2N2O3. The Labute approximate surface area is 261 Å². The highest BCUT2D eigenvalue weighted by Crippen LogP contribution is 2.31. The Kier molecular flexibility index (Phi) is 11.1. The van der Waals surface area contributed by atoms with Crippen molar-refractivity contribution in [2.75, 3.05) is 6.61 Å². The topological polar surface area (TPSA) is 58.6 Å². The van der Waals surface area contributed by atoms with Gasteiger partial charge in [-0.3, -0.25) is 9.59 Å². The molecule has 1 N–H and O–H groups in total. The van der Waals surface area contributed by atoms with Crippen LogP contribution in [0, 0.1) is 0 Å². The van der Waals surface area contributed by atoms with Crippen LogP contribution in [0.25, 0.3) is 0 Å². The van der Waals surface area contributed by atoms with Crippen LogP contribution in [0.15, 0.2) is 81.7 Å². The number of nitrogens with zero attached hydrogens (tertiary/aromatic N) is 1. The van der Waals surface area contributed by atoms with Crippen molar-refractivity contribution in [1.82, 2.24) is 10.2 Å². The number of amides is 2. The molecule has 2 amide bonds. The fourth-order valence-corrected chi connectivity index (χ4v) is 5.95. The molecule has 0 radical (unpaired) electrons. The van der Waals surface area contributed by atoms with E-state index in [1.54, 1.807) is 4.90 Å². The van der Waals surface area contributed by atoms with E-state index in [1.165, 1.54) is 12.0 Å². The molecule has 3 aromatic carbocycles. The fourth-order valence-electron chi connectivity index (χ4n) is 5.19. The number of hydrogen-bond donors (Lipinski definition) is 1. The van der Waals surface area contributed by atoms with Crippen molar-refractivity contribution >= 4 is 43.7 Å². The molecule has 0 heterocycles. The van der Waals surface area contributed by atoms with Gasteiger partial charge in [-0.05, 0) is 75.1 Å². The minimum Gasteiger partial charge on any atom is -0.483 e.